The van der Waals surface area contributed by atoms with Crippen molar-refractivity contribution in [1.29, 1.82) is 0 Å². The smallest absolute Gasteiger partial charge is 0.151 e. The SMILES string of the molecule is O=Cc1c2ccc(O)ccc-2cc1-c1ccccc1. The first-order chi connectivity index (χ1) is 9.29. The van der Waals surface area contributed by atoms with Gasteiger partial charge in [0.2, 0.25) is 0 Å². The van der Waals surface area contributed by atoms with Gasteiger partial charge in [-0.1, -0.05) is 36.4 Å². The van der Waals surface area contributed by atoms with Crippen LogP contribution in [-0.4, -0.2) is 11.4 Å². The van der Waals surface area contributed by atoms with Gasteiger partial charge in [-0.05, 0) is 46.5 Å². The molecule has 0 radical (unpaired) electrons. The minimum Gasteiger partial charge on any atom is -0.508 e. The molecular weight excluding hydrogens is 236 g/mol. The van der Waals surface area contributed by atoms with Gasteiger partial charge in [-0.2, -0.15) is 0 Å². The number of fused-ring (bicyclic) bond motifs is 1. The van der Waals surface area contributed by atoms with Crippen LogP contribution in [-0.2, 0) is 0 Å². The molecule has 0 saturated carbocycles. The largest absolute Gasteiger partial charge is 0.508 e. The fraction of sp³-hybridized carbons (Fsp3) is 0. The van der Waals surface area contributed by atoms with Crippen LogP contribution in [0.4, 0.5) is 0 Å². The second kappa shape index (κ2) is 4.58. The summed E-state index contributed by atoms with van der Waals surface area (Å²) in [6.45, 7) is 0. The fourth-order valence-electron chi connectivity index (χ4n) is 2.32. The summed E-state index contributed by atoms with van der Waals surface area (Å²) in [6.07, 6.45) is 0.877. The molecule has 2 aliphatic rings. The lowest BCUT2D eigenvalue weighted by molar-refractivity contribution is 0.112. The molecule has 1 N–H and O–H groups in total. The molecule has 0 aromatic heterocycles. The molecule has 2 heteroatoms. The first-order valence-electron chi connectivity index (χ1n) is 6.06. The molecule has 0 heterocycles. The van der Waals surface area contributed by atoms with E-state index >= 15 is 0 Å². The Labute approximate surface area is 111 Å². The number of carbonyl (C=O) groups is 1. The van der Waals surface area contributed by atoms with Gasteiger partial charge in [0.25, 0.3) is 0 Å². The van der Waals surface area contributed by atoms with E-state index < -0.39 is 0 Å². The van der Waals surface area contributed by atoms with Crippen molar-refractivity contribution in [2.75, 3.05) is 0 Å². The van der Waals surface area contributed by atoms with E-state index in [9.17, 15) is 9.90 Å². The molecule has 19 heavy (non-hydrogen) atoms. The summed E-state index contributed by atoms with van der Waals surface area (Å²) < 4.78 is 0. The van der Waals surface area contributed by atoms with E-state index in [0.717, 1.165) is 28.5 Å². The van der Waals surface area contributed by atoms with Crippen molar-refractivity contribution in [2.45, 2.75) is 0 Å². The minimum absolute atomic E-state index is 0.189. The average Bonchev–Trinajstić information content (AvgIpc) is 2.71. The first kappa shape index (κ1) is 11.5. The molecule has 92 valence electrons. The molecule has 0 unspecified atom stereocenters. The van der Waals surface area contributed by atoms with E-state index in [4.69, 9.17) is 0 Å². The summed E-state index contributed by atoms with van der Waals surface area (Å²) in [4.78, 5) is 11.4. The first-order valence-corrected chi connectivity index (χ1v) is 6.06. The lowest BCUT2D eigenvalue weighted by Crippen LogP contribution is -1.82. The van der Waals surface area contributed by atoms with Gasteiger partial charge in [0, 0.05) is 5.56 Å². The van der Waals surface area contributed by atoms with Crippen molar-refractivity contribution in [1.82, 2.24) is 0 Å². The number of hydrogen-bond acceptors (Lipinski definition) is 2. The Morgan fingerprint density at radius 1 is 0.789 bits per heavy atom. The molecule has 3 rings (SSSR count). The third-order valence-electron chi connectivity index (χ3n) is 3.25. The van der Waals surface area contributed by atoms with Gasteiger partial charge in [-0.3, -0.25) is 4.79 Å². The van der Waals surface area contributed by atoms with Crippen molar-refractivity contribution in [3.05, 3.63) is 66.2 Å². The highest BCUT2D eigenvalue weighted by molar-refractivity contribution is 6.00. The van der Waals surface area contributed by atoms with E-state index in [-0.39, 0.29) is 5.75 Å². The van der Waals surface area contributed by atoms with Gasteiger partial charge in [-0.15, -0.1) is 0 Å². The number of aromatic hydroxyl groups is 1. The quantitative estimate of drug-likeness (QED) is 0.696. The summed E-state index contributed by atoms with van der Waals surface area (Å²) in [6, 6.07) is 18.6. The van der Waals surface area contributed by atoms with E-state index in [1.807, 2.05) is 42.5 Å². The molecule has 0 fully saturated rings. The summed E-state index contributed by atoms with van der Waals surface area (Å²) in [5, 5.41) is 9.48. The van der Waals surface area contributed by atoms with Gasteiger partial charge in [0.15, 0.2) is 6.29 Å². The van der Waals surface area contributed by atoms with Crippen LogP contribution in [0, 0.1) is 0 Å². The third-order valence-corrected chi connectivity index (χ3v) is 3.25. The van der Waals surface area contributed by atoms with Gasteiger partial charge in [0.1, 0.15) is 5.75 Å². The normalized spacial score (nSPS) is 10.5. The third kappa shape index (κ3) is 1.97. The standard InChI is InChI=1S/C17H12O2/c18-11-17-15-9-8-14(19)7-6-13(15)10-16(17)12-4-2-1-3-5-12/h1-11,19H. The number of rotatable bonds is 2. The van der Waals surface area contributed by atoms with Crippen LogP contribution in [0.25, 0.3) is 22.3 Å². The van der Waals surface area contributed by atoms with Crippen LogP contribution in [0.1, 0.15) is 10.4 Å². The van der Waals surface area contributed by atoms with Crippen LogP contribution < -0.4 is 0 Å². The van der Waals surface area contributed by atoms with Crippen LogP contribution in [0.15, 0.2) is 60.7 Å². The fourth-order valence-corrected chi connectivity index (χ4v) is 2.32. The van der Waals surface area contributed by atoms with Crippen molar-refractivity contribution in [3.63, 3.8) is 0 Å². The predicted molar refractivity (Wildman–Crippen MR) is 75.6 cm³/mol. The Hall–Kier alpha value is -2.61. The molecule has 0 atom stereocenters. The number of benzene rings is 1. The monoisotopic (exact) mass is 248 g/mol. The van der Waals surface area contributed by atoms with Crippen molar-refractivity contribution in [2.24, 2.45) is 0 Å². The zero-order valence-corrected chi connectivity index (χ0v) is 10.2. The zero-order valence-electron chi connectivity index (χ0n) is 10.2. The Kier molecular flexibility index (Phi) is 2.76. The van der Waals surface area contributed by atoms with Crippen LogP contribution >= 0.6 is 0 Å². The summed E-state index contributed by atoms with van der Waals surface area (Å²) >= 11 is 0. The Morgan fingerprint density at radius 3 is 2.26 bits per heavy atom. The van der Waals surface area contributed by atoms with Crippen molar-refractivity contribution in [3.8, 4) is 28.0 Å². The molecule has 2 aliphatic carbocycles. The van der Waals surface area contributed by atoms with E-state index in [1.165, 1.54) is 0 Å². The molecule has 0 spiro atoms. The zero-order chi connectivity index (χ0) is 13.2. The van der Waals surface area contributed by atoms with Crippen LogP contribution in [0.3, 0.4) is 0 Å². The topological polar surface area (TPSA) is 37.3 Å². The van der Waals surface area contributed by atoms with Crippen molar-refractivity contribution >= 4 is 6.29 Å². The van der Waals surface area contributed by atoms with Gasteiger partial charge in [-0.25, -0.2) is 0 Å². The second-order valence-corrected chi connectivity index (χ2v) is 4.42. The molecule has 2 nitrogen and oxygen atoms in total. The van der Waals surface area contributed by atoms with E-state index in [2.05, 4.69) is 0 Å². The van der Waals surface area contributed by atoms with E-state index in [1.54, 1.807) is 18.2 Å². The number of carbonyl (C=O) groups excluding carboxylic acids is 1. The Balaban J connectivity index is 2.30. The van der Waals surface area contributed by atoms with E-state index in [0.29, 0.717) is 5.56 Å². The predicted octanol–water partition coefficient (Wildman–Crippen LogP) is 3.98. The summed E-state index contributed by atoms with van der Waals surface area (Å²) in [5.41, 5.74) is 4.41. The Bertz CT molecular complexity index is 702. The highest BCUT2D eigenvalue weighted by Crippen LogP contribution is 2.36. The molecule has 0 saturated heterocycles. The lowest BCUT2D eigenvalue weighted by atomic mass is 10.0. The van der Waals surface area contributed by atoms with Gasteiger partial charge in [0.05, 0.1) is 0 Å². The maximum atomic E-state index is 11.4. The average molecular weight is 248 g/mol. The number of hydrogen-bond donors (Lipinski definition) is 1. The highest BCUT2D eigenvalue weighted by atomic mass is 16.3. The molecule has 0 bridgehead atoms. The van der Waals surface area contributed by atoms with Crippen molar-refractivity contribution < 1.29 is 9.90 Å². The maximum Gasteiger partial charge on any atom is 0.151 e. The lowest BCUT2D eigenvalue weighted by Gasteiger charge is -1.99. The minimum atomic E-state index is 0.189. The molecule has 1 aromatic carbocycles. The molecule has 1 aromatic rings. The Morgan fingerprint density at radius 2 is 1.53 bits per heavy atom. The molecule has 0 amide bonds. The van der Waals surface area contributed by atoms with Crippen LogP contribution in [0.2, 0.25) is 0 Å². The van der Waals surface area contributed by atoms with Crippen LogP contribution in [0.5, 0.6) is 5.75 Å². The summed E-state index contributed by atoms with van der Waals surface area (Å²) in [7, 11) is 0. The maximum absolute atomic E-state index is 11.4. The highest BCUT2D eigenvalue weighted by Gasteiger charge is 2.15. The summed E-state index contributed by atoms with van der Waals surface area (Å²) in [5.74, 6) is 0.189. The molecular formula is C17H12O2. The number of aldehydes is 1. The molecule has 0 aliphatic heterocycles. The van der Waals surface area contributed by atoms with Gasteiger partial charge >= 0.3 is 0 Å². The second-order valence-electron chi connectivity index (χ2n) is 4.42. The van der Waals surface area contributed by atoms with Gasteiger partial charge < -0.3 is 5.11 Å².